The molecule has 0 saturated carbocycles. The van der Waals surface area contributed by atoms with Gasteiger partial charge in [-0.3, -0.25) is 48.4 Å². The summed E-state index contributed by atoms with van der Waals surface area (Å²) in [5, 5.41) is 71.1. The molecule has 2 aromatic rings. The van der Waals surface area contributed by atoms with Crippen molar-refractivity contribution in [2.75, 3.05) is 78.5 Å². The summed E-state index contributed by atoms with van der Waals surface area (Å²) in [5.41, 5.74) is 2.69. The fraction of sp³-hybridized carbons (Fsp3) is 0.560. The molecular formula is C50H70BrN7O16S. The molecule has 3 amide bonds. The predicted octanol–water partition coefficient (Wildman–Crippen LogP) is 3.05. The Morgan fingerprint density at radius 1 is 0.560 bits per heavy atom. The zero-order chi connectivity index (χ0) is 55.5. The first-order chi connectivity index (χ1) is 35.6. The van der Waals surface area contributed by atoms with Crippen molar-refractivity contribution in [3.63, 3.8) is 0 Å². The minimum Gasteiger partial charge on any atom is -0.481 e. The number of aliphatic carboxylic acids is 7. The summed E-state index contributed by atoms with van der Waals surface area (Å²) in [6, 6.07) is 10.7. The number of carbonyl (C=O) groups excluding carboxylic acids is 2. The maximum atomic E-state index is 13.6. The van der Waals surface area contributed by atoms with Crippen molar-refractivity contribution < 1.29 is 78.9 Å². The Morgan fingerprint density at radius 2 is 1.05 bits per heavy atom. The molecular weight excluding hydrogens is 1070 g/mol. The summed E-state index contributed by atoms with van der Waals surface area (Å²) in [7, 11) is 0. The SMILES string of the molecule is O=C(O)CC[C@H](NC(=O)N[C@@H](CCCCN(Cc1ccc(Br)cc1)C(=O)CCCCCC(=S)Cc1ccc(CC2CN(CC(=O)O)CCN(CC(=O)O)CCN(CC(=O)O)CCN2CC(=O)O)cc1)C(=O)O)C(=O)O. The van der Waals surface area contributed by atoms with Crippen molar-refractivity contribution in [2.24, 2.45) is 0 Å². The second-order valence-electron chi connectivity index (χ2n) is 18.6. The average Bonchev–Trinajstić information content (AvgIpc) is 3.32. The monoisotopic (exact) mass is 1140 g/mol. The van der Waals surface area contributed by atoms with Gasteiger partial charge >= 0.3 is 47.8 Å². The van der Waals surface area contributed by atoms with E-state index in [1.165, 1.54) is 0 Å². The fourth-order valence-electron chi connectivity index (χ4n) is 8.56. The Morgan fingerprint density at radius 3 is 1.60 bits per heavy atom. The highest BCUT2D eigenvalue weighted by atomic mass is 79.9. The quantitative estimate of drug-likeness (QED) is 0.0375. The molecule has 3 atom stereocenters. The summed E-state index contributed by atoms with van der Waals surface area (Å²) in [5.74, 6) is -8.50. The van der Waals surface area contributed by atoms with Crippen LogP contribution < -0.4 is 10.6 Å². The molecule has 25 heteroatoms. The van der Waals surface area contributed by atoms with Crippen molar-refractivity contribution in [1.82, 2.24) is 35.1 Å². The lowest BCUT2D eigenvalue weighted by Gasteiger charge is -2.37. The molecule has 1 unspecified atom stereocenters. The van der Waals surface area contributed by atoms with Gasteiger partial charge in [0.2, 0.25) is 5.91 Å². The largest absolute Gasteiger partial charge is 0.481 e. The Hall–Kier alpha value is -6.12. The van der Waals surface area contributed by atoms with Gasteiger partial charge in [0, 0.05) is 88.7 Å². The lowest BCUT2D eigenvalue weighted by atomic mass is 9.99. The topological polar surface area (TPSA) is 336 Å². The molecule has 2 aromatic carbocycles. The van der Waals surface area contributed by atoms with E-state index in [-0.39, 0.29) is 90.7 Å². The number of thiocarbonyl (C=S) groups is 1. The molecule has 75 heavy (non-hydrogen) atoms. The second-order valence-corrected chi connectivity index (χ2v) is 20.0. The number of halogens is 1. The number of carboxylic acid groups (broad SMARTS) is 7. The van der Waals surface area contributed by atoms with E-state index in [4.69, 9.17) is 17.3 Å². The van der Waals surface area contributed by atoms with E-state index in [0.717, 1.165) is 38.9 Å². The van der Waals surface area contributed by atoms with E-state index in [1.807, 2.05) is 48.5 Å². The van der Waals surface area contributed by atoms with Gasteiger partial charge in [-0.2, -0.15) is 0 Å². The Kier molecular flexibility index (Phi) is 28.4. The third-order valence-corrected chi connectivity index (χ3v) is 13.4. The van der Waals surface area contributed by atoms with Crippen LogP contribution in [-0.2, 0) is 57.7 Å². The third kappa shape index (κ3) is 26.8. The van der Waals surface area contributed by atoms with Gasteiger partial charge in [0.25, 0.3) is 0 Å². The number of unbranched alkanes of at least 4 members (excludes halogenated alkanes) is 3. The molecule has 1 aliphatic heterocycles. The van der Waals surface area contributed by atoms with E-state index < -0.39 is 78.8 Å². The number of rotatable bonds is 32. The Balaban J connectivity index is 1.58. The molecule has 23 nitrogen and oxygen atoms in total. The van der Waals surface area contributed by atoms with Crippen LogP contribution in [-0.4, -0.2) is 215 Å². The van der Waals surface area contributed by atoms with E-state index >= 15 is 0 Å². The number of benzene rings is 2. The van der Waals surface area contributed by atoms with Crippen LogP contribution in [0, 0.1) is 0 Å². The Bertz CT molecular complexity index is 2240. The van der Waals surface area contributed by atoms with Crippen LogP contribution in [0.5, 0.6) is 0 Å². The van der Waals surface area contributed by atoms with Gasteiger partial charge < -0.3 is 51.3 Å². The van der Waals surface area contributed by atoms with Crippen molar-refractivity contribution in [2.45, 2.75) is 102 Å². The maximum absolute atomic E-state index is 13.6. The van der Waals surface area contributed by atoms with Crippen LogP contribution in [0.15, 0.2) is 53.0 Å². The summed E-state index contributed by atoms with van der Waals surface area (Å²) in [4.78, 5) is 117. The number of carbonyl (C=O) groups is 9. The van der Waals surface area contributed by atoms with Gasteiger partial charge in [0.15, 0.2) is 0 Å². The third-order valence-electron chi connectivity index (χ3n) is 12.5. The highest BCUT2D eigenvalue weighted by Crippen LogP contribution is 2.18. The van der Waals surface area contributed by atoms with Gasteiger partial charge in [-0.1, -0.05) is 71.0 Å². The van der Waals surface area contributed by atoms with Gasteiger partial charge in [0.05, 0.1) is 26.2 Å². The van der Waals surface area contributed by atoms with E-state index in [2.05, 4.69) is 26.6 Å². The number of urea groups is 1. The van der Waals surface area contributed by atoms with E-state index in [0.29, 0.717) is 51.6 Å². The van der Waals surface area contributed by atoms with Crippen LogP contribution in [0.1, 0.15) is 80.9 Å². The molecule has 0 aliphatic carbocycles. The van der Waals surface area contributed by atoms with E-state index in [9.17, 15) is 73.8 Å². The van der Waals surface area contributed by atoms with E-state index in [1.54, 1.807) is 24.5 Å². The highest BCUT2D eigenvalue weighted by molar-refractivity contribution is 9.10. The van der Waals surface area contributed by atoms with Crippen LogP contribution in [0.4, 0.5) is 4.79 Å². The standard InChI is InChI=1S/C50H70BrN7O16S/c51-37-15-13-36(14-16-37)28-58(19-5-4-7-40(48(70)71)52-50(74)53-41(49(72)73)17-18-43(60)61)42(59)8-3-1-2-6-39(75)27-35-11-9-34(10-12-35)26-38-29-56(32-46(66)67)23-22-54(30-44(62)63)20-21-55(31-45(64)65)24-25-57(38)33-47(68)69/h9-16,38,40-41H,1-8,17-33H2,(H,60,61)(H,62,63)(H,64,65)(H,66,67)(H,68,69)(H,70,71)(H,72,73)(H2,52,53,74)/t38?,40-,41-/m0/s1. The van der Waals surface area contributed by atoms with Crippen LogP contribution in [0.25, 0.3) is 0 Å². The van der Waals surface area contributed by atoms with Gasteiger partial charge in [-0.05, 0) is 85.1 Å². The molecule has 0 radical (unpaired) electrons. The van der Waals surface area contributed by atoms with Crippen LogP contribution in [0.2, 0.25) is 0 Å². The number of nitrogens with zero attached hydrogens (tertiary/aromatic N) is 5. The summed E-state index contributed by atoms with van der Waals surface area (Å²) >= 11 is 9.17. The van der Waals surface area contributed by atoms with Crippen LogP contribution in [0.3, 0.4) is 0 Å². The highest BCUT2D eigenvalue weighted by Gasteiger charge is 2.29. The molecule has 3 rings (SSSR count). The minimum atomic E-state index is -1.53. The maximum Gasteiger partial charge on any atom is 0.326 e. The average molecular weight is 1140 g/mol. The summed E-state index contributed by atoms with van der Waals surface area (Å²) in [6.07, 6.45) is 3.60. The predicted molar refractivity (Wildman–Crippen MR) is 280 cm³/mol. The first-order valence-corrected chi connectivity index (χ1v) is 25.9. The normalized spacial score (nSPS) is 16.0. The number of nitrogens with one attached hydrogen (secondary N) is 2. The van der Waals surface area contributed by atoms with Crippen LogP contribution >= 0.6 is 28.1 Å². The number of amides is 3. The van der Waals surface area contributed by atoms with Crippen molar-refractivity contribution in [1.29, 1.82) is 0 Å². The zero-order valence-electron chi connectivity index (χ0n) is 41.9. The van der Waals surface area contributed by atoms with Gasteiger partial charge in [0.1, 0.15) is 12.1 Å². The smallest absolute Gasteiger partial charge is 0.326 e. The van der Waals surface area contributed by atoms with Crippen molar-refractivity contribution in [3.05, 3.63) is 69.7 Å². The number of hydrogen-bond donors (Lipinski definition) is 9. The molecule has 9 N–H and O–H groups in total. The molecule has 1 aliphatic rings. The fourth-order valence-corrected chi connectivity index (χ4v) is 9.14. The lowest BCUT2D eigenvalue weighted by Crippen LogP contribution is -2.53. The molecule has 414 valence electrons. The number of carboxylic acids is 7. The van der Waals surface area contributed by atoms with Crippen molar-refractivity contribution >= 4 is 86.7 Å². The summed E-state index contributed by atoms with van der Waals surface area (Å²) < 4.78 is 0.869. The van der Waals surface area contributed by atoms with Gasteiger partial charge in [-0.15, -0.1) is 0 Å². The molecule has 1 heterocycles. The second kappa shape index (κ2) is 33.7. The molecule has 1 fully saturated rings. The molecule has 0 bridgehead atoms. The zero-order valence-corrected chi connectivity index (χ0v) is 44.3. The first-order valence-electron chi connectivity index (χ1n) is 24.7. The number of hydrogen-bond acceptors (Lipinski definition) is 14. The minimum absolute atomic E-state index is 0.0141. The Labute approximate surface area is 448 Å². The molecule has 0 aromatic heterocycles. The molecule has 0 spiro atoms. The summed E-state index contributed by atoms with van der Waals surface area (Å²) in [6.45, 7) is 0.541. The van der Waals surface area contributed by atoms with Crippen molar-refractivity contribution in [3.8, 4) is 0 Å². The molecule has 1 saturated heterocycles. The lowest BCUT2D eigenvalue weighted by molar-refractivity contribution is -0.142. The van der Waals surface area contributed by atoms with Gasteiger partial charge in [-0.25, -0.2) is 14.4 Å². The first kappa shape index (κ1) is 63.2.